The predicted molar refractivity (Wildman–Crippen MR) is 83.5 cm³/mol. The van der Waals surface area contributed by atoms with Gasteiger partial charge in [0.15, 0.2) is 0 Å². The minimum absolute atomic E-state index is 0.209. The molecule has 2 heterocycles. The standard InChI is InChI=1S/C15H26N4O2/c1-15(5-7-17(2)8-6-15)11-16-9-12-10-18(3)14(21)19(4)13(12)20/h10,16H,5-9,11H2,1-4H3. The summed E-state index contributed by atoms with van der Waals surface area (Å²) in [5.41, 5.74) is 0.430. The summed E-state index contributed by atoms with van der Waals surface area (Å²) in [6.45, 7) is 5.95. The van der Waals surface area contributed by atoms with Crippen molar-refractivity contribution < 1.29 is 0 Å². The number of piperidine rings is 1. The van der Waals surface area contributed by atoms with Gasteiger partial charge in [-0.1, -0.05) is 6.92 Å². The fourth-order valence-electron chi connectivity index (χ4n) is 2.84. The van der Waals surface area contributed by atoms with Gasteiger partial charge >= 0.3 is 5.69 Å². The van der Waals surface area contributed by atoms with Gasteiger partial charge in [-0.15, -0.1) is 0 Å². The highest BCUT2D eigenvalue weighted by atomic mass is 16.2. The van der Waals surface area contributed by atoms with E-state index in [0.717, 1.165) is 24.2 Å². The topological polar surface area (TPSA) is 59.3 Å². The number of rotatable bonds is 4. The van der Waals surface area contributed by atoms with Crippen LogP contribution in [0.3, 0.4) is 0 Å². The molecule has 0 amide bonds. The Hall–Kier alpha value is -1.40. The Morgan fingerprint density at radius 1 is 1.19 bits per heavy atom. The van der Waals surface area contributed by atoms with Crippen LogP contribution in [-0.4, -0.2) is 40.7 Å². The average molecular weight is 294 g/mol. The molecule has 118 valence electrons. The van der Waals surface area contributed by atoms with Gasteiger partial charge in [-0.3, -0.25) is 9.36 Å². The van der Waals surface area contributed by atoms with E-state index < -0.39 is 0 Å². The maximum Gasteiger partial charge on any atom is 0.330 e. The normalized spacial score (nSPS) is 18.9. The van der Waals surface area contributed by atoms with Crippen LogP contribution in [0.15, 0.2) is 15.8 Å². The number of hydrogen-bond acceptors (Lipinski definition) is 4. The Morgan fingerprint density at radius 3 is 2.43 bits per heavy atom. The number of nitrogens with zero attached hydrogens (tertiary/aromatic N) is 3. The third-order valence-corrected chi connectivity index (χ3v) is 4.58. The number of hydrogen-bond donors (Lipinski definition) is 1. The first kappa shape index (κ1) is 16.0. The number of likely N-dealkylation sites (tertiary alicyclic amines) is 1. The molecule has 1 N–H and O–H groups in total. The van der Waals surface area contributed by atoms with E-state index in [-0.39, 0.29) is 11.2 Å². The van der Waals surface area contributed by atoms with E-state index in [1.165, 1.54) is 24.5 Å². The molecule has 0 bridgehead atoms. The second kappa shape index (κ2) is 6.15. The smallest absolute Gasteiger partial charge is 0.312 e. The van der Waals surface area contributed by atoms with E-state index in [9.17, 15) is 9.59 Å². The summed E-state index contributed by atoms with van der Waals surface area (Å²) >= 11 is 0. The zero-order chi connectivity index (χ0) is 15.6. The summed E-state index contributed by atoms with van der Waals surface area (Å²) < 4.78 is 2.62. The van der Waals surface area contributed by atoms with Crippen molar-refractivity contribution in [3.63, 3.8) is 0 Å². The van der Waals surface area contributed by atoms with E-state index in [4.69, 9.17) is 0 Å². The number of nitrogens with one attached hydrogen (secondary N) is 1. The van der Waals surface area contributed by atoms with E-state index in [0.29, 0.717) is 17.5 Å². The first-order valence-electron chi connectivity index (χ1n) is 7.47. The molecule has 0 unspecified atom stereocenters. The Kier molecular flexibility index (Phi) is 4.68. The molecule has 0 radical (unpaired) electrons. The summed E-state index contributed by atoms with van der Waals surface area (Å²) in [6, 6.07) is 0. The maximum absolute atomic E-state index is 12.0. The van der Waals surface area contributed by atoms with Crippen molar-refractivity contribution in [1.82, 2.24) is 19.4 Å². The van der Waals surface area contributed by atoms with Crippen LogP contribution in [0.1, 0.15) is 25.3 Å². The summed E-state index contributed by atoms with van der Waals surface area (Å²) in [6.07, 6.45) is 3.97. The zero-order valence-corrected chi connectivity index (χ0v) is 13.5. The molecule has 0 spiro atoms. The molecule has 2 rings (SSSR count). The molecule has 1 aliphatic rings. The molecule has 0 saturated carbocycles. The van der Waals surface area contributed by atoms with E-state index >= 15 is 0 Å². The molecule has 6 nitrogen and oxygen atoms in total. The van der Waals surface area contributed by atoms with Crippen molar-refractivity contribution in [2.45, 2.75) is 26.3 Å². The fraction of sp³-hybridized carbons (Fsp3) is 0.733. The highest BCUT2D eigenvalue weighted by molar-refractivity contribution is 5.05. The van der Waals surface area contributed by atoms with Crippen LogP contribution in [0.25, 0.3) is 0 Å². The lowest BCUT2D eigenvalue weighted by Gasteiger charge is -2.38. The monoisotopic (exact) mass is 294 g/mol. The lowest BCUT2D eigenvalue weighted by atomic mass is 9.80. The van der Waals surface area contributed by atoms with Crippen molar-refractivity contribution in [1.29, 1.82) is 0 Å². The quantitative estimate of drug-likeness (QED) is 0.843. The van der Waals surface area contributed by atoms with Gasteiger partial charge in [0.2, 0.25) is 0 Å². The van der Waals surface area contributed by atoms with Crippen molar-refractivity contribution in [2.75, 3.05) is 26.7 Å². The molecule has 0 aliphatic carbocycles. The van der Waals surface area contributed by atoms with Gasteiger partial charge in [0.05, 0.1) is 0 Å². The number of aryl methyl sites for hydroxylation is 1. The largest absolute Gasteiger partial charge is 0.330 e. The molecular formula is C15H26N4O2. The van der Waals surface area contributed by atoms with Crippen LogP contribution in [0, 0.1) is 5.41 Å². The van der Waals surface area contributed by atoms with Gasteiger partial charge in [-0.25, -0.2) is 4.79 Å². The van der Waals surface area contributed by atoms with Gasteiger partial charge in [-0.05, 0) is 38.4 Å². The average Bonchev–Trinajstić information content (AvgIpc) is 2.46. The maximum atomic E-state index is 12.0. The van der Waals surface area contributed by atoms with Crippen LogP contribution in [0.4, 0.5) is 0 Å². The van der Waals surface area contributed by atoms with Crippen LogP contribution in [-0.2, 0) is 20.6 Å². The van der Waals surface area contributed by atoms with Crippen LogP contribution in [0.2, 0.25) is 0 Å². The fourth-order valence-corrected chi connectivity index (χ4v) is 2.84. The van der Waals surface area contributed by atoms with Crippen molar-refractivity contribution >= 4 is 0 Å². The Balaban J connectivity index is 1.98. The summed E-state index contributed by atoms with van der Waals surface area (Å²) in [7, 11) is 5.34. The summed E-state index contributed by atoms with van der Waals surface area (Å²) in [5, 5.41) is 3.39. The zero-order valence-electron chi connectivity index (χ0n) is 13.5. The highest BCUT2D eigenvalue weighted by Crippen LogP contribution is 2.29. The second-order valence-electron chi connectivity index (χ2n) is 6.63. The molecule has 1 aliphatic heterocycles. The van der Waals surface area contributed by atoms with Crippen LogP contribution >= 0.6 is 0 Å². The van der Waals surface area contributed by atoms with Gasteiger partial charge in [0.25, 0.3) is 5.56 Å². The first-order chi connectivity index (χ1) is 9.82. The molecule has 1 aromatic rings. The Morgan fingerprint density at radius 2 is 1.81 bits per heavy atom. The molecule has 21 heavy (non-hydrogen) atoms. The lowest BCUT2D eigenvalue weighted by molar-refractivity contribution is 0.136. The molecular weight excluding hydrogens is 268 g/mol. The Labute approximate surface area is 125 Å². The lowest BCUT2D eigenvalue weighted by Crippen LogP contribution is -2.43. The van der Waals surface area contributed by atoms with Gasteiger partial charge in [0, 0.05) is 38.9 Å². The van der Waals surface area contributed by atoms with Crippen molar-refractivity contribution in [3.8, 4) is 0 Å². The van der Waals surface area contributed by atoms with Crippen molar-refractivity contribution in [2.24, 2.45) is 19.5 Å². The van der Waals surface area contributed by atoms with E-state index in [2.05, 4.69) is 24.2 Å². The molecule has 0 aromatic carbocycles. The molecule has 1 saturated heterocycles. The second-order valence-corrected chi connectivity index (χ2v) is 6.63. The SMILES string of the molecule is CN1CCC(C)(CNCc2cn(C)c(=O)n(C)c2=O)CC1. The van der Waals surface area contributed by atoms with Gasteiger partial charge in [0.1, 0.15) is 0 Å². The molecule has 0 atom stereocenters. The minimum Gasteiger partial charge on any atom is -0.312 e. The van der Waals surface area contributed by atoms with Crippen molar-refractivity contribution in [3.05, 3.63) is 32.6 Å². The molecule has 1 aromatic heterocycles. The molecule has 6 heteroatoms. The van der Waals surface area contributed by atoms with Crippen LogP contribution < -0.4 is 16.6 Å². The van der Waals surface area contributed by atoms with E-state index in [1.54, 1.807) is 13.2 Å². The highest BCUT2D eigenvalue weighted by Gasteiger charge is 2.28. The Bertz CT molecular complexity index is 609. The predicted octanol–water partition coefficient (Wildman–Crippen LogP) is -0.0945. The third-order valence-electron chi connectivity index (χ3n) is 4.58. The minimum atomic E-state index is -0.286. The van der Waals surface area contributed by atoms with Crippen LogP contribution in [0.5, 0.6) is 0 Å². The number of aromatic nitrogens is 2. The summed E-state index contributed by atoms with van der Waals surface area (Å²) in [5.74, 6) is 0. The summed E-state index contributed by atoms with van der Waals surface area (Å²) in [4.78, 5) is 26.0. The van der Waals surface area contributed by atoms with Gasteiger partial charge in [-0.2, -0.15) is 0 Å². The first-order valence-corrected chi connectivity index (χ1v) is 7.47. The third kappa shape index (κ3) is 3.63. The van der Waals surface area contributed by atoms with E-state index in [1.807, 2.05) is 0 Å². The van der Waals surface area contributed by atoms with Gasteiger partial charge < -0.3 is 14.8 Å². The molecule has 1 fully saturated rings.